The first-order chi connectivity index (χ1) is 11.8. The zero-order valence-corrected chi connectivity index (χ0v) is 16.0. The second kappa shape index (κ2) is 7.45. The molecule has 2 aromatic rings. The third-order valence-corrected chi connectivity index (χ3v) is 6.65. The minimum atomic E-state index is -3.32. The molecule has 0 amide bonds. The Morgan fingerprint density at radius 1 is 1.12 bits per heavy atom. The van der Waals surface area contributed by atoms with E-state index in [0.717, 1.165) is 29.1 Å². The van der Waals surface area contributed by atoms with Crippen molar-refractivity contribution in [3.05, 3.63) is 51.9 Å². The van der Waals surface area contributed by atoms with E-state index >= 15 is 0 Å². The average Bonchev–Trinajstić information content (AvgIpc) is 2.89. The van der Waals surface area contributed by atoms with E-state index in [1.165, 1.54) is 0 Å². The lowest BCUT2D eigenvalue weighted by Crippen LogP contribution is -2.48. The molecule has 3 rings (SSSR count). The minimum absolute atomic E-state index is 0.00797. The van der Waals surface area contributed by atoms with Crippen LogP contribution in [0.1, 0.15) is 22.6 Å². The lowest BCUT2D eigenvalue weighted by molar-refractivity contribution is 0.180. The largest absolute Gasteiger partial charge is 0.361 e. The fourth-order valence-corrected chi connectivity index (χ4v) is 4.64. The third-order valence-electron chi connectivity index (χ3n) is 4.55. The first kappa shape index (κ1) is 18.4. The van der Waals surface area contributed by atoms with Gasteiger partial charge in [-0.3, -0.25) is 4.90 Å². The fraction of sp³-hybridized carbons (Fsp3) is 0.471. The summed E-state index contributed by atoms with van der Waals surface area (Å²) in [4.78, 5) is 2.24. The van der Waals surface area contributed by atoms with Gasteiger partial charge in [0.25, 0.3) is 0 Å². The van der Waals surface area contributed by atoms with Crippen LogP contribution in [0.3, 0.4) is 0 Å². The van der Waals surface area contributed by atoms with E-state index in [1.54, 1.807) is 28.6 Å². The quantitative estimate of drug-likeness (QED) is 0.793. The molecule has 0 unspecified atom stereocenters. The van der Waals surface area contributed by atoms with Gasteiger partial charge < -0.3 is 4.52 Å². The summed E-state index contributed by atoms with van der Waals surface area (Å²) in [5.74, 6) is 0.837. The Bertz CT molecular complexity index is 806. The van der Waals surface area contributed by atoms with Gasteiger partial charge in [0.15, 0.2) is 0 Å². The van der Waals surface area contributed by atoms with Crippen LogP contribution in [-0.2, 0) is 22.3 Å². The number of benzene rings is 1. The van der Waals surface area contributed by atoms with Crippen molar-refractivity contribution in [2.45, 2.75) is 26.1 Å². The Labute approximate surface area is 153 Å². The molecule has 1 aromatic carbocycles. The van der Waals surface area contributed by atoms with Gasteiger partial charge in [-0.1, -0.05) is 28.9 Å². The Kier molecular flexibility index (Phi) is 5.48. The lowest BCUT2D eigenvalue weighted by Gasteiger charge is -2.34. The highest BCUT2D eigenvalue weighted by Gasteiger charge is 2.27. The van der Waals surface area contributed by atoms with Crippen molar-refractivity contribution in [3.63, 3.8) is 0 Å². The van der Waals surface area contributed by atoms with Crippen LogP contribution < -0.4 is 0 Å². The molecule has 1 saturated heterocycles. The van der Waals surface area contributed by atoms with Gasteiger partial charge in [0, 0.05) is 43.3 Å². The van der Waals surface area contributed by atoms with Crippen LogP contribution in [0.4, 0.5) is 0 Å². The van der Waals surface area contributed by atoms with E-state index in [2.05, 4.69) is 10.1 Å². The van der Waals surface area contributed by atoms with Crippen LogP contribution in [0.5, 0.6) is 0 Å². The molecule has 1 aliphatic heterocycles. The summed E-state index contributed by atoms with van der Waals surface area (Å²) in [5.41, 5.74) is 2.75. The molecule has 1 fully saturated rings. The molecule has 0 atom stereocenters. The SMILES string of the molecule is Cc1noc(C)c1CN1CCN(S(=O)(=O)Cc2ccc(Cl)cc2)CC1. The van der Waals surface area contributed by atoms with E-state index in [0.29, 0.717) is 31.2 Å². The molecule has 0 saturated carbocycles. The van der Waals surface area contributed by atoms with Crippen molar-refractivity contribution in [1.29, 1.82) is 0 Å². The second-order valence-corrected chi connectivity index (χ2v) is 8.77. The molecule has 1 aromatic heterocycles. The monoisotopic (exact) mass is 383 g/mol. The fourth-order valence-electron chi connectivity index (χ4n) is 3.00. The zero-order valence-electron chi connectivity index (χ0n) is 14.4. The van der Waals surface area contributed by atoms with Crippen LogP contribution in [0.2, 0.25) is 5.02 Å². The molecule has 6 nitrogen and oxygen atoms in total. The van der Waals surface area contributed by atoms with Crippen LogP contribution >= 0.6 is 11.6 Å². The predicted octanol–water partition coefficient (Wildman–Crippen LogP) is 2.59. The van der Waals surface area contributed by atoms with E-state index in [4.69, 9.17) is 16.1 Å². The van der Waals surface area contributed by atoms with Gasteiger partial charge in [-0.05, 0) is 31.5 Å². The van der Waals surface area contributed by atoms with Gasteiger partial charge in [0.2, 0.25) is 10.0 Å². The summed E-state index contributed by atoms with van der Waals surface area (Å²) < 4.78 is 32.0. The summed E-state index contributed by atoms with van der Waals surface area (Å²) in [6.07, 6.45) is 0. The van der Waals surface area contributed by atoms with Gasteiger partial charge in [0.05, 0.1) is 11.4 Å². The van der Waals surface area contributed by atoms with E-state index in [1.807, 2.05) is 13.8 Å². The van der Waals surface area contributed by atoms with Gasteiger partial charge in [-0.2, -0.15) is 4.31 Å². The highest BCUT2D eigenvalue weighted by Crippen LogP contribution is 2.19. The summed E-state index contributed by atoms with van der Waals surface area (Å²) in [5, 5.41) is 4.58. The topological polar surface area (TPSA) is 66.7 Å². The van der Waals surface area contributed by atoms with Gasteiger partial charge >= 0.3 is 0 Å². The highest BCUT2D eigenvalue weighted by atomic mass is 35.5. The van der Waals surface area contributed by atoms with Crippen molar-refractivity contribution in [3.8, 4) is 0 Å². The van der Waals surface area contributed by atoms with Crippen molar-refractivity contribution in [1.82, 2.24) is 14.4 Å². The van der Waals surface area contributed by atoms with Crippen LogP contribution in [0, 0.1) is 13.8 Å². The number of nitrogens with zero attached hydrogens (tertiary/aromatic N) is 3. The molecular formula is C17H22ClN3O3S. The maximum absolute atomic E-state index is 12.6. The lowest BCUT2D eigenvalue weighted by atomic mass is 10.2. The van der Waals surface area contributed by atoms with E-state index in [9.17, 15) is 8.42 Å². The van der Waals surface area contributed by atoms with Crippen LogP contribution in [-0.4, -0.2) is 49.0 Å². The van der Waals surface area contributed by atoms with Gasteiger partial charge in [-0.25, -0.2) is 8.42 Å². The number of halogens is 1. The summed E-state index contributed by atoms with van der Waals surface area (Å²) in [7, 11) is -3.32. The third kappa shape index (κ3) is 4.41. The van der Waals surface area contributed by atoms with Crippen LogP contribution in [0.25, 0.3) is 0 Å². The van der Waals surface area contributed by atoms with Crippen molar-refractivity contribution < 1.29 is 12.9 Å². The maximum Gasteiger partial charge on any atom is 0.218 e. The molecule has 0 spiro atoms. The Balaban J connectivity index is 1.58. The summed E-state index contributed by atoms with van der Waals surface area (Å²) >= 11 is 5.85. The second-order valence-electron chi connectivity index (χ2n) is 6.36. The number of aryl methyl sites for hydroxylation is 2. The van der Waals surface area contributed by atoms with Gasteiger partial charge in [-0.15, -0.1) is 0 Å². The standard InChI is InChI=1S/C17H22ClN3O3S/c1-13-17(14(2)24-19-13)11-20-7-9-21(10-8-20)25(22,23)12-15-3-5-16(18)6-4-15/h3-6H,7-12H2,1-2H3. The molecule has 0 aliphatic carbocycles. The van der Waals surface area contributed by atoms with Crippen molar-refractivity contribution >= 4 is 21.6 Å². The van der Waals surface area contributed by atoms with Crippen molar-refractivity contribution in [2.75, 3.05) is 26.2 Å². The normalized spacial score (nSPS) is 17.1. The summed E-state index contributed by atoms with van der Waals surface area (Å²) in [6.45, 7) is 6.97. The minimum Gasteiger partial charge on any atom is -0.361 e. The predicted molar refractivity (Wildman–Crippen MR) is 96.9 cm³/mol. The number of rotatable bonds is 5. The average molecular weight is 384 g/mol. The Hall–Kier alpha value is -1.41. The smallest absolute Gasteiger partial charge is 0.218 e. The Morgan fingerprint density at radius 2 is 1.76 bits per heavy atom. The van der Waals surface area contributed by atoms with Gasteiger partial charge in [0.1, 0.15) is 5.76 Å². The van der Waals surface area contributed by atoms with E-state index in [-0.39, 0.29) is 5.75 Å². The molecule has 136 valence electrons. The van der Waals surface area contributed by atoms with Crippen LogP contribution in [0.15, 0.2) is 28.8 Å². The molecule has 8 heteroatoms. The molecule has 1 aliphatic rings. The molecule has 0 N–H and O–H groups in total. The molecule has 2 heterocycles. The zero-order chi connectivity index (χ0) is 18.0. The molecule has 0 radical (unpaired) electrons. The number of hydrogen-bond donors (Lipinski definition) is 0. The Morgan fingerprint density at radius 3 is 2.32 bits per heavy atom. The highest BCUT2D eigenvalue weighted by molar-refractivity contribution is 7.88. The molecule has 0 bridgehead atoms. The molecular weight excluding hydrogens is 362 g/mol. The number of piperazine rings is 1. The van der Waals surface area contributed by atoms with E-state index < -0.39 is 10.0 Å². The maximum atomic E-state index is 12.6. The first-order valence-corrected chi connectivity index (χ1v) is 10.2. The number of hydrogen-bond acceptors (Lipinski definition) is 5. The summed E-state index contributed by atoms with van der Waals surface area (Å²) in [6, 6.07) is 6.95. The molecule has 25 heavy (non-hydrogen) atoms. The number of aromatic nitrogens is 1. The number of sulfonamides is 1. The first-order valence-electron chi connectivity index (χ1n) is 8.21. The van der Waals surface area contributed by atoms with Crippen molar-refractivity contribution in [2.24, 2.45) is 0 Å².